The van der Waals surface area contributed by atoms with Crippen LogP contribution >= 0.6 is 0 Å². The van der Waals surface area contributed by atoms with Crippen LogP contribution in [0.5, 0.6) is 0 Å². The van der Waals surface area contributed by atoms with Gasteiger partial charge < -0.3 is 9.73 Å². The summed E-state index contributed by atoms with van der Waals surface area (Å²) in [4.78, 5) is 15.7. The lowest BCUT2D eigenvalue weighted by molar-refractivity contribution is 0.0953. The third-order valence-electron chi connectivity index (χ3n) is 3.11. The zero-order valence-corrected chi connectivity index (χ0v) is 12.1. The summed E-state index contributed by atoms with van der Waals surface area (Å²) in [6.45, 7) is 0.360. The van der Waals surface area contributed by atoms with Gasteiger partial charge in [0.2, 0.25) is 11.8 Å². The molecule has 0 fully saturated rings. The van der Waals surface area contributed by atoms with Crippen LogP contribution in [0, 0.1) is 5.82 Å². The number of pyridine rings is 1. The first-order valence-corrected chi connectivity index (χ1v) is 6.99. The van der Waals surface area contributed by atoms with Gasteiger partial charge in [-0.3, -0.25) is 9.78 Å². The van der Waals surface area contributed by atoms with E-state index in [1.165, 1.54) is 18.3 Å². The van der Waals surface area contributed by atoms with Crippen molar-refractivity contribution in [1.82, 2.24) is 20.5 Å². The van der Waals surface area contributed by atoms with Crippen molar-refractivity contribution in [2.45, 2.75) is 6.42 Å². The van der Waals surface area contributed by atoms with Crippen LogP contribution in [0.3, 0.4) is 0 Å². The molecule has 0 aliphatic carbocycles. The van der Waals surface area contributed by atoms with E-state index in [1.807, 2.05) is 0 Å². The fourth-order valence-electron chi connectivity index (χ4n) is 1.95. The molecule has 6 nitrogen and oxygen atoms in total. The van der Waals surface area contributed by atoms with Gasteiger partial charge in [0.05, 0.1) is 5.56 Å². The monoisotopic (exact) mass is 312 g/mol. The molecule has 7 heteroatoms. The molecule has 0 saturated carbocycles. The molecule has 0 aliphatic heterocycles. The van der Waals surface area contributed by atoms with Crippen molar-refractivity contribution in [2.24, 2.45) is 0 Å². The van der Waals surface area contributed by atoms with Gasteiger partial charge in [0.25, 0.3) is 5.91 Å². The second-order valence-corrected chi connectivity index (χ2v) is 4.76. The first-order valence-electron chi connectivity index (χ1n) is 6.99. The number of halogens is 1. The van der Waals surface area contributed by atoms with E-state index in [0.717, 1.165) is 0 Å². The minimum atomic E-state index is -0.327. The second kappa shape index (κ2) is 6.78. The average molecular weight is 312 g/mol. The van der Waals surface area contributed by atoms with Crippen LogP contribution in [0.2, 0.25) is 0 Å². The van der Waals surface area contributed by atoms with E-state index in [4.69, 9.17) is 4.42 Å². The highest BCUT2D eigenvalue weighted by Gasteiger charge is 2.10. The number of carbonyl (C=O) groups excluding carboxylic acids is 1. The largest absolute Gasteiger partial charge is 0.421 e. The highest BCUT2D eigenvalue weighted by Crippen LogP contribution is 2.18. The van der Waals surface area contributed by atoms with Crippen LogP contribution in [0.1, 0.15) is 16.2 Å². The summed E-state index contributed by atoms with van der Waals surface area (Å²) < 4.78 is 18.4. The molecule has 116 valence electrons. The number of nitrogens with one attached hydrogen (secondary N) is 1. The molecule has 0 aliphatic rings. The van der Waals surface area contributed by atoms with Crippen molar-refractivity contribution >= 4 is 5.91 Å². The fraction of sp³-hybridized carbons (Fsp3) is 0.125. The number of carbonyl (C=O) groups is 1. The Morgan fingerprint density at radius 2 is 2.00 bits per heavy atom. The number of amides is 1. The highest BCUT2D eigenvalue weighted by molar-refractivity contribution is 5.93. The van der Waals surface area contributed by atoms with E-state index < -0.39 is 0 Å². The predicted molar refractivity (Wildman–Crippen MR) is 80.0 cm³/mol. The number of rotatable bonds is 5. The number of hydrogen-bond donors (Lipinski definition) is 1. The topological polar surface area (TPSA) is 80.9 Å². The maximum Gasteiger partial charge on any atom is 0.252 e. The number of hydrogen-bond acceptors (Lipinski definition) is 5. The maximum absolute atomic E-state index is 12.9. The first kappa shape index (κ1) is 14.8. The van der Waals surface area contributed by atoms with E-state index in [2.05, 4.69) is 20.5 Å². The normalized spacial score (nSPS) is 10.5. The average Bonchev–Trinajstić information content (AvgIpc) is 3.05. The zero-order valence-electron chi connectivity index (χ0n) is 12.1. The van der Waals surface area contributed by atoms with Crippen LogP contribution in [0.15, 0.2) is 53.2 Å². The number of aromatic nitrogens is 3. The van der Waals surface area contributed by atoms with Crippen molar-refractivity contribution in [3.8, 4) is 11.5 Å². The minimum Gasteiger partial charge on any atom is -0.421 e. The highest BCUT2D eigenvalue weighted by atomic mass is 19.1. The molecule has 0 unspecified atom stereocenters. The van der Waals surface area contributed by atoms with E-state index in [0.29, 0.717) is 35.9 Å². The Morgan fingerprint density at radius 3 is 2.74 bits per heavy atom. The molecule has 0 spiro atoms. The zero-order chi connectivity index (χ0) is 16.1. The Kier molecular flexibility index (Phi) is 4.37. The molecule has 23 heavy (non-hydrogen) atoms. The van der Waals surface area contributed by atoms with Crippen LogP contribution < -0.4 is 5.32 Å². The standard InChI is InChI=1S/C16H13FN4O2/c17-13-5-3-11(4-6-13)16-21-20-14(23-16)7-9-19-15(22)12-2-1-8-18-10-12/h1-6,8,10H,7,9H2,(H,19,22). The quantitative estimate of drug-likeness (QED) is 0.781. The van der Waals surface area contributed by atoms with Crippen molar-refractivity contribution in [2.75, 3.05) is 6.54 Å². The molecule has 2 heterocycles. The van der Waals surface area contributed by atoms with Gasteiger partial charge in [0.1, 0.15) is 5.82 Å². The molecule has 3 aromatic rings. The van der Waals surface area contributed by atoms with Crippen LogP contribution in [0.4, 0.5) is 4.39 Å². The molecular formula is C16H13FN4O2. The smallest absolute Gasteiger partial charge is 0.252 e. The summed E-state index contributed by atoms with van der Waals surface area (Å²) in [6.07, 6.45) is 3.50. The summed E-state index contributed by atoms with van der Waals surface area (Å²) in [5.41, 5.74) is 1.13. The Bertz CT molecular complexity index is 787. The molecule has 0 radical (unpaired) electrons. The second-order valence-electron chi connectivity index (χ2n) is 4.76. The fourth-order valence-corrected chi connectivity index (χ4v) is 1.95. The lowest BCUT2D eigenvalue weighted by Crippen LogP contribution is -2.25. The van der Waals surface area contributed by atoms with Gasteiger partial charge >= 0.3 is 0 Å². The van der Waals surface area contributed by atoms with Crippen LogP contribution in [0.25, 0.3) is 11.5 Å². The maximum atomic E-state index is 12.9. The van der Waals surface area contributed by atoms with E-state index in [-0.39, 0.29) is 11.7 Å². The Labute approximate surface area is 131 Å². The first-order chi connectivity index (χ1) is 11.2. The third-order valence-corrected chi connectivity index (χ3v) is 3.11. The van der Waals surface area contributed by atoms with Gasteiger partial charge in [-0.15, -0.1) is 10.2 Å². The molecule has 2 aromatic heterocycles. The summed E-state index contributed by atoms with van der Waals surface area (Å²) in [5.74, 6) is 0.178. The lowest BCUT2D eigenvalue weighted by atomic mass is 10.2. The van der Waals surface area contributed by atoms with Gasteiger partial charge in [-0.25, -0.2) is 4.39 Å². The number of benzene rings is 1. The Hall–Kier alpha value is -3.09. The predicted octanol–water partition coefficient (Wildman–Crippen LogP) is 2.24. The summed E-state index contributed by atoms with van der Waals surface area (Å²) in [6, 6.07) is 9.16. The van der Waals surface area contributed by atoms with E-state index in [9.17, 15) is 9.18 Å². The molecule has 1 amide bonds. The minimum absolute atomic E-state index is 0.212. The molecule has 1 N–H and O–H groups in total. The summed E-state index contributed by atoms with van der Waals surface area (Å²) in [7, 11) is 0. The van der Waals surface area contributed by atoms with Gasteiger partial charge in [-0.05, 0) is 36.4 Å². The van der Waals surface area contributed by atoms with Crippen molar-refractivity contribution < 1.29 is 13.6 Å². The van der Waals surface area contributed by atoms with Crippen LogP contribution in [-0.4, -0.2) is 27.6 Å². The SMILES string of the molecule is O=C(NCCc1nnc(-c2ccc(F)cc2)o1)c1cccnc1. The lowest BCUT2D eigenvalue weighted by Gasteiger charge is -2.02. The van der Waals surface area contributed by atoms with Gasteiger partial charge in [0, 0.05) is 30.9 Å². The van der Waals surface area contributed by atoms with E-state index >= 15 is 0 Å². The molecule has 0 atom stereocenters. The number of nitrogens with zero attached hydrogens (tertiary/aromatic N) is 3. The molecular weight excluding hydrogens is 299 g/mol. The van der Waals surface area contributed by atoms with Crippen LogP contribution in [-0.2, 0) is 6.42 Å². The molecule has 0 bridgehead atoms. The van der Waals surface area contributed by atoms with E-state index in [1.54, 1.807) is 30.5 Å². The summed E-state index contributed by atoms with van der Waals surface area (Å²) in [5, 5.41) is 10.6. The molecule has 1 aromatic carbocycles. The van der Waals surface area contributed by atoms with Gasteiger partial charge in [-0.2, -0.15) is 0 Å². The van der Waals surface area contributed by atoms with Crippen molar-refractivity contribution in [3.63, 3.8) is 0 Å². The van der Waals surface area contributed by atoms with Gasteiger partial charge in [-0.1, -0.05) is 0 Å². The molecule has 3 rings (SSSR count). The van der Waals surface area contributed by atoms with Crippen molar-refractivity contribution in [1.29, 1.82) is 0 Å². The summed E-state index contributed by atoms with van der Waals surface area (Å²) >= 11 is 0. The Morgan fingerprint density at radius 1 is 1.17 bits per heavy atom. The molecule has 0 saturated heterocycles. The van der Waals surface area contributed by atoms with Crippen molar-refractivity contribution in [3.05, 3.63) is 66.1 Å². The third kappa shape index (κ3) is 3.76. The van der Waals surface area contributed by atoms with Gasteiger partial charge in [0.15, 0.2) is 0 Å². The Balaban J connectivity index is 1.55.